The largest absolute Gasteiger partial charge is 0.378 e. The molecule has 0 saturated heterocycles. The molecule has 0 atom stereocenters. The van der Waals surface area contributed by atoms with Gasteiger partial charge in [-0.3, -0.25) is 0 Å². The van der Waals surface area contributed by atoms with Crippen LogP contribution in [0.1, 0.15) is 44.9 Å². The molecule has 2 aliphatic rings. The summed E-state index contributed by atoms with van der Waals surface area (Å²) >= 11 is 0. The van der Waals surface area contributed by atoms with Gasteiger partial charge in [-0.2, -0.15) is 5.26 Å². The number of hydrogen-bond donors (Lipinski definition) is 0. The Hall–Kier alpha value is -0.550. The third-order valence-corrected chi connectivity index (χ3v) is 3.34. The molecular weight excluding hydrogens is 162 g/mol. The predicted molar refractivity (Wildman–Crippen MR) is 50.1 cm³/mol. The van der Waals surface area contributed by atoms with Gasteiger partial charge in [-0.15, -0.1) is 0 Å². The molecule has 0 aromatic rings. The van der Waals surface area contributed by atoms with Crippen LogP contribution in [-0.2, 0) is 4.74 Å². The van der Waals surface area contributed by atoms with Crippen LogP contribution in [0.2, 0.25) is 0 Å². The Morgan fingerprint density at radius 3 is 2.54 bits per heavy atom. The molecule has 0 amide bonds. The molecule has 0 N–H and O–H groups in total. The third kappa shape index (κ3) is 2.22. The van der Waals surface area contributed by atoms with Gasteiger partial charge in [-0.05, 0) is 25.7 Å². The van der Waals surface area contributed by atoms with Crippen LogP contribution in [0, 0.1) is 16.7 Å². The van der Waals surface area contributed by atoms with Gasteiger partial charge in [-0.25, -0.2) is 0 Å². The van der Waals surface area contributed by atoms with Crippen molar-refractivity contribution in [1.82, 2.24) is 0 Å². The zero-order valence-electron chi connectivity index (χ0n) is 8.09. The first-order chi connectivity index (χ1) is 6.35. The fourth-order valence-electron chi connectivity index (χ4n) is 2.07. The lowest BCUT2D eigenvalue weighted by Gasteiger charge is -2.16. The van der Waals surface area contributed by atoms with Crippen molar-refractivity contribution < 1.29 is 4.74 Å². The molecule has 2 rings (SSSR count). The van der Waals surface area contributed by atoms with E-state index in [1.54, 1.807) is 0 Å². The van der Waals surface area contributed by atoms with Crippen LogP contribution in [0.25, 0.3) is 0 Å². The van der Waals surface area contributed by atoms with Crippen LogP contribution >= 0.6 is 0 Å². The molecule has 0 aliphatic heterocycles. The first kappa shape index (κ1) is 9.02. The zero-order valence-corrected chi connectivity index (χ0v) is 8.09. The van der Waals surface area contributed by atoms with Crippen molar-refractivity contribution in [3.05, 3.63) is 0 Å². The number of nitriles is 1. The average Bonchev–Trinajstić information content (AvgIpc) is 2.71. The summed E-state index contributed by atoms with van der Waals surface area (Å²) in [5, 5.41) is 8.63. The van der Waals surface area contributed by atoms with Gasteiger partial charge in [0.05, 0.1) is 18.8 Å². The van der Waals surface area contributed by atoms with Gasteiger partial charge in [0.2, 0.25) is 0 Å². The minimum Gasteiger partial charge on any atom is -0.378 e. The van der Waals surface area contributed by atoms with Gasteiger partial charge in [0.1, 0.15) is 0 Å². The van der Waals surface area contributed by atoms with Gasteiger partial charge in [0.25, 0.3) is 0 Å². The first-order valence-corrected chi connectivity index (χ1v) is 5.33. The molecule has 2 saturated carbocycles. The molecular formula is C11H17NO. The second-order valence-corrected chi connectivity index (χ2v) is 4.55. The fraction of sp³-hybridized carbons (Fsp3) is 0.909. The monoisotopic (exact) mass is 179 g/mol. The molecule has 0 aromatic carbocycles. The second-order valence-electron chi connectivity index (χ2n) is 4.55. The summed E-state index contributed by atoms with van der Waals surface area (Å²) in [5.74, 6) is 0. The maximum atomic E-state index is 8.63. The van der Waals surface area contributed by atoms with E-state index < -0.39 is 0 Å². The van der Waals surface area contributed by atoms with Crippen molar-refractivity contribution in [3.63, 3.8) is 0 Å². The smallest absolute Gasteiger partial charge is 0.0628 e. The Morgan fingerprint density at radius 2 is 2.00 bits per heavy atom. The summed E-state index contributed by atoms with van der Waals surface area (Å²) in [6.45, 7) is 0.839. The van der Waals surface area contributed by atoms with Gasteiger partial charge in [0, 0.05) is 11.8 Å². The highest BCUT2D eigenvalue weighted by molar-refractivity contribution is 4.99. The third-order valence-electron chi connectivity index (χ3n) is 3.34. The maximum absolute atomic E-state index is 8.63. The second kappa shape index (κ2) is 3.67. The Morgan fingerprint density at radius 1 is 1.31 bits per heavy atom. The summed E-state index contributed by atoms with van der Waals surface area (Å²) in [4.78, 5) is 0. The van der Waals surface area contributed by atoms with Crippen LogP contribution in [0.15, 0.2) is 0 Å². The van der Waals surface area contributed by atoms with E-state index in [1.807, 2.05) is 0 Å². The van der Waals surface area contributed by atoms with Crippen molar-refractivity contribution >= 4 is 0 Å². The summed E-state index contributed by atoms with van der Waals surface area (Å²) in [6, 6.07) is 2.27. The van der Waals surface area contributed by atoms with Gasteiger partial charge in [-0.1, -0.05) is 12.8 Å². The Balaban J connectivity index is 1.70. The number of rotatable bonds is 4. The molecule has 2 heteroatoms. The van der Waals surface area contributed by atoms with E-state index >= 15 is 0 Å². The lowest BCUT2D eigenvalue weighted by atomic mass is 10.1. The van der Waals surface area contributed by atoms with Crippen LogP contribution in [0.5, 0.6) is 0 Å². The molecule has 0 radical (unpaired) electrons. The molecule has 13 heavy (non-hydrogen) atoms. The number of hydrogen-bond acceptors (Lipinski definition) is 2. The van der Waals surface area contributed by atoms with E-state index in [2.05, 4.69) is 6.07 Å². The summed E-state index contributed by atoms with van der Waals surface area (Å²) in [5.41, 5.74) is 0.275. The quantitative estimate of drug-likeness (QED) is 0.664. The van der Waals surface area contributed by atoms with Crippen LogP contribution in [0.3, 0.4) is 0 Å². The Kier molecular flexibility index (Phi) is 2.55. The molecule has 0 unspecified atom stereocenters. The fourth-order valence-corrected chi connectivity index (χ4v) is 2.07. The molecule has 2 nitrogen and oxygen atoms in total. The van der Waals surface area contributed by atoms with Crippen LogP contribution in [0.4, 0.5) is 0 Å². The SMILES string of the molecule is N#CCC1(COC2CCCC2)CC1. The Bertz CT molecular complexity index is 209. The lowest BCUT2D eigenvalue weighted by molar-refractivity contribution is 0.0275. The lowest BCUT2D eigenvalue weighted by Crippen LogP contribution is -2.16. The van der Waals surface area contributed by atoms with E-state index in [0.29, 0.717) is 12.5 Å². The van der Waals surface area contributed by atoms with Gasteiger partial charge in [0.15, 0.2) is 0 Å². The molecule has 2 aliphatic carbocycles. The summed E-state index contributed by atoms with van der Waals surface area (Å²) < 4.78 is 5.83. The van der Waals surface area contributed by atoms with E-state index in [4.69, 9.17) is 10.00 Å². The maximum Gasteiger partial charge on any atom is 0.0628 e. The highest BCUT2D eigenvalue weighted by atomic mass is 16.5. The van der Waals surface area contributed by atoms with E-state index in [9.17, 15) is 0 Å². The Labute approximate surface area is 79.9 Å². The van der Waals surface area contributed by atoms with Crippen molar-refractivity contribution in [1.29, 1.82) is 5.26 Å². The number of nitrogens with zero attached hydrogens (tertiary/aromatic N) is 1. The first-order valence-electron chi connectivity index (χ1n) is 5.33. The highest BCUT2D eigenvalue weighted by Crippen LogP contribution is 2.49. The standard InChI is InChI=1S/C11H17NO/c12-8-7-11(5-6-11)9-13-10-3-1-2-4-10/h10H,1-7,9H2. The van der Waals surface area contributed by atoms with Crippen molar-refractivity contribution in [2.75, 3.05) is 6.61 Å². The average molecular weight is 179 g/mol. The molecule has 0 spiro atoms. The molecule has 0 heterocycles. The van der Waals surface area contributed by atoms with Crippen LogP contribution < -0.4 is 0 Å². The van der Waals surface area contributed by atoms with Crippen molar-refractivity contribution in [2.24, 2.45) is 5.41 Å². The van der Waals surface area contributed by atoms with E-state index in [0.717, 1.165) is 6.61 Å². The topological polar surface area (TPSA) is 33.0 Å². The van der Waals surface area contributed by atoms with Crippen LogP contribution in [-0.4, -0.2) is 12.7 Å². The minimum absolute atomic E-state index is 0.275. The predicted octanol–water partition coefficient (Wildman–Crippen LogP) is 2.64. The molecule has 72 valence electrons. The summed E-state index contributed by atoms with van der Waals surface area (Å²) in [6.07, 6.45) is 8.74. The zero-order chi connectivity index (χ0) is 9.15. The summed E-state index contributed by atoms with van der Waals surface area (Å²) in [7, 11) is 0. The van der Waals surface area contributed by atoms with Crippen molar-refractivity contribution in [3.8, 4) is 6.07 Å². The molecule has 0 bridgehead atoms. The van der Waals surface area contributed by atoms with E-state index in [1.165, 1.54) is 38.5 Å². The normalized spacial score (nSPS) is 25.8. The number of ether oxygens (including phenoxy) is 1. The van der Waals surface area contributed by atoms with Crippen molar-refractivity contribution in [2.45, 2.75) is 51.0 Å². The van der Waals surface area contributed by atoms with Gasteiger partial charge < -0.3 is 4.74 Å². The molecule has 2 fully saturated rings. The minimum atomic E-state index is 0.275. The van der Waals surface area contributed by atoms with E-state index in [-0.39, 0.29) is 5.41 Å². The van der Waals surface area contributed by atoms with Gasteiger partial charge >= 0.3 is 0 Å². The molecule has 0 aromatic heterocycles. The highest BCUT2D eigenvalue weighted by Gasteiger charge is 2.43.